The number of nitrogens with zero attached hydrogens (tertiary/aromatic N) is 1. The van der Waals surface area contributed by atoms with Crippen molar-refractivity contribution in [3.63, 3.8) is 0 Å². The zero-order valence-corrected chi connectivity index (χ0v) is 5.95. The summed E-state index contributed by atoms with van der Waals surface area (Å²) in [5.41, 5.74) is 6.31. The van der Waals surface area contributed by atoms with E-state index in [9.17, 15) is 4.79 Å². The van der Waals surface area contributed by atoms with E-state index in [0.29, 0.717) is 5.92 Å². The van der Waals surface area contributed by atoms with Crippen molar-refractivity contribution in [2.24, 2.45) is 5.73 Å². The van der Waals surface area contributed by atoms with E-state index < -0.39 is 0 Å². The molecule has 4 heteroatoms. The molecule has 58 valence electrons. The number of aromatic amines is 1. The minimum atomic E-state index is -0.103. The second-order valence-electron chi connectivity index (χ2n) is 2.84. The molecule has 11 heavy (non-hydrogen) atoms. The predicted molar refractivity (Wildman–Crippen MR) is 40.2 cm³/mol. The molecule has 2 rings (SSSR count). The number of H-pyrrole nitrogens is 1. The van der Waals surface area contributed by atoms with Gasteiger partial charge >= 0.3 is 0 Å². The van der Waals surface area contributed by atoms with E-state index in [1.54, 1.807) is 0 Å². The van der Waals surface area contributed by atoms with Crippen LogP contribution in [0.5, 0.6) is 0 Å². The van der Waals surface area contributed by atoms with Crippen LogP contribution in [0.1, 0.15) is 18.0 Å². The average Bonchev–Trinajstić information content (AvgIpc) is 2.67. The van der Waals surface area contributed by atoms with Crippen molar-refractivity contribution < 1.29 is 0 Å². The quantitative estimate of drug-likeness (QED) is 0.572. The molecule has 2 atom stereocenters. The molecule has 1 aliphatic rings. The fraction of sp³-hybridized carbons (Fsp3) is 0.429. The van der Waals surface area contributed by atoms with Gasteiger partial charge in [-0.3, -0.25) is 4.79 Å². The summed E-state index contributed by atoms with van der Waals surface area (Å²) in [6.45, 7) is 0. The summed E-state index contributed by atoms with van der Waals surface area (Å²) in [7, 11) is 0. The Kier molecular flexibility index (Phi) is 1.29. The van der Waals surface area contributed by atoms with Crippen molar-refractivity contribution in [1.29, 1.82) is 0 Å². The van der Waals surface area contributed by atoms with Crippen molar-refractivity contribution >= 4 is 0 Å². The van der Waals surface area contributed by atoms with Crippen molar-refractivity contribution in [1.82, 2.24) is 9.97 Å². The van der Waals surface area contributed by atoms with Crippen LogP contribution in [0.15, 0.2) is 17.2 Å². The van der Waals surface area contributed by atoms with Crippen LogP contribution in [0.3, 0.4) is 0 Å². The van der Waals surface area contributed by atoms with E-state index in [4.69, 9.17) is 5.73 Å². The fourth-order valence-corrected chi connectivity index (χ4v) is 1.14. The third kappa shape index (κ3) is 1.17. The maximum Gasteiger partial charge on any atom is 0.250 e. The van der Waals surface area contributed by atoms with Crippen LogP contribution in [0.25, 0.3) is 0 Å². The summed E-state index contributed by atoms with van der Waals surface area (Å²) >= 11 is 0. The minimum Gasteiger partial charge on any atom is -0.327 e. The van der Waals surface area contributed by atoms with E-state index in [1.807, 2.05) is 0 Å². The summed E-state index contributed by atoms with van der Waals surface area (Å²) < 4.78 is 0. The highest BCUT2D eigenvalue weighted by Gasteiger charge is 2.36. The molecule has 1 fully saturated rings. The molecule has 1 aliphatic carbocycles. The third-order valence-electron chi connectivity index (χ3n) is 1.92. The van der Waals surface area contributed by atoms with Crippen molar-refractivity contribution in [2.45, 2.75) is 18.4 Å². The summed E-state index contributed by atoms with van der Waals surface area (Å²) in [5.74, 6) is 0.317. The Bertz CT molecular complexity index is 319. The van der Waals surface area contributed by atoms with Gasteiger partial charge in [-0.2, -0.15) is 0 Å². The molecule has 1 heterocycles. The molecule has 0 spiro atoms. The largest absolute Gasteiger partial charge is 0.327 e. The number of rotatable bonds is 1. The maximum atomic E-state index is 10.8. The number of hydrogen-bond acceptors (Lipinski definition) is 3. The molecule has 0 bridgehead atoms. The molecule has 2 unspecified atom stereocenters. The van der Waals surface area contributed by atoms with Crippen LogP contribution in [0, 0.1) is 0 Å². The summed E-state index contributed by atoms with van der Waals surface area (Å²) in [6.07, 6.45) is 2.37. The van der Waals surface area contributed by atoms with Gasteiger partial charge in [0.2, 0.25) is 0 Å². The van der Waals surface area contributed by atoms with Crippen molar-refractivity contribution in [3.05, 3.63) is 28.4 Å². The number of nitrogens with one attached hydrogen (secondary N) is 1. The lowest BCUT2D eigenvalue weighted by atomic mass is 10.3. The molecule has 0 saturated heterocycles. The summed E-state index contributed by atoms with van der Waals surface area (Å²) in [6, 6.07) is 1.72. The fourth-order valence-electron chi connectivity index (χ4n) is 1.14. The number of aromatic nitrogens is 2. The molecule has 4 nitrogen and oxygen atoms in total. The lowest BCUT2D eigenvalue weighted by molar-refractivity contribution is 0.919. The molecule has 3 N–H and O–H groups in total. The first-order chi connectivity index (χ1) is 5.27. The van der Waals surface area contributed by atoms with E-state index in [0.717, 1.165) is 12.1 Å². The molecule has 0 aliphatic heterocycles. The van der Waals surface area contributed by atoms with Crippen LogP contribution >= 0.6 is 0 Å². The minimum absolute atomic E-state index is 0.103. The zero-order chi connectivity index (χ0) is 7.84. The van der Waals surface area contributed by atoms with Crippen LogP contribution in [0.2, 0.25) is 0 Å². The van der Waals surface area contributed by atoms with Gasteiger partial charge in [-0.25, -0.2) is 4.98 Å². The smallest absolute Gasteiger partial charge is 0.250 e. The molecule has 0 radical (unpaired) electrons. The van der Waals surface area contributed by atoms with Crippen LogP contribution in [-0.4, -0.2) is 16.0 Å². The number of hydrogen-bond donors (Lipinski definition) is 2. The van der Waals surface area contributed by atoms with Gasteiger partial charge < -0.3 is 10.7 Å². The van der Waals surface area contributed by atoms with Crippen LogP contribution in [0.4, 0.5) is 0 Å². The average molecular weight is 151 g/mol. The van der Waals surface area contributed by atoms with Gasteiger partial charge in [-0.1, -0.05) is 0 Å². The van der Waals surface area contributed by atoms with E-state index in [1.165, 1.54) is 12.4 Å². The Balaban J connectivity index is 2.32. The first kappa shape index (κ1) is 6.54. The Hall–Kier alpha value is -1.16. The maximum absolute atomic E-state index is 10.8. The highest BCUT2D eigenvalue weighted by atomic mass is 16.1. The van der Waals surface area contributed by atoms with Gasteiger partial charge in [0.25, 0.3) is 5.56 Å². The standard InChI is InChI=1S/C7H9N3O/c8-5-1-4(5)6-2-7(11)10-3-9-6/h2-5H,1,8H2,(H,9,10,11). The molecule has 1 aromatic heterocycles. The van der Waals surface area contributed by atoms with Gasteiger partial charge in [0.15, 0.2) is 0 Å². The van der Waals surface area contributed by atoms with E-state index in [2.05, 4.69) is 9.97 Å². The van der Waals surface area contributed by atoms with Crippen molar-refractivity contribution in [3.8, 4) is 0 Å². The van der Waals surface area contributed by atoms with Crippen LogP contribution < -0.4 is 11.3 Å². The highest BCUT2D eigenvalue weighted by Crippen LogP contribution is 2.36. The number of nitrogens with two attached hydrogens (primary N) is 1. The van der Waals surface area contributed by atoms with Crippen molar-refractivity contribution in [2.75, 3.05) is 0 Å². The normalized spacial score (nSPS) is 28.5. The third-order valence-corrected chi connectivity index (χ3v) is 1.92. The Morgan fingerprint density at radius 3 is 3.00 bits per heavy atom. The van der Waals surface area contributed by atoms with Gasteiger partial charge in [-0.15, -0.1) is 0 Å². The lowest BCUT2D eigenvalue weighted by Crippen LogP contribution is -2.08. The highest BCUT2D eigenvalue weighted by molar-refractivity contribution is 5.18. The van der Waals surface area contributed by atoms with Gasteiger partial charge in [0, 0.05) is 18.0 Å². The first-order valence-electron chi connectivity index (χ1n) is 3.57. The SMILES string of the molecule is NC1CC1c1cc(=O)[nH]cn1. The molecular formula is C7H9N3O. The molecular weight excluding hydrogens is 142 g/mol. The van der Waals surface area contributed by atoms with Crippen LogP contribution in [-0.2, 0) is 0 Å². The topological polar surface area (TPSA) is 71.8 Å². The monoisotopic (exact) mass is 151 g/mol. The molecule has 1 aromatic rings. The first-order valence-corrected chi connectivity index (χ1v) is 3.57. The van der Waals surface area contributed by atoms with E-state index >= 15 is 0 Å². The summed E-state index contributed by atoms with van der Waals surface area (Å²) in [5, 5.41) is 0. The van der Waals surface area contributed by atoms with Gasteiger partial charge in [0.05, 0.1) is 12.0 Å². The second-order valence-corrected chi connectivity index (χ2v) is 2.84. The Labute approximate surface area is 63.5 Å². The predicted octanol–water partition coefficient (Wildman–Crippen LogP) is -0.416. The Morgan fingerprint density at radius 1 is 1.73 bits per heavy atom. The zero-order valence-electron chi connectivity index (χ0n) is 5.95. The van der Waals surface area contributed by atoms with Gasteiger partial charge in [0.1, 0.15) is 0 Å². The summed E-state index contributed by atoms with van der Waals surface area (Å²) in [4.78, 5) is 17.3. The molecule has 0 aromatic carbocycles. The lowest BCUT2D eigenvalue weighted by Gasteiger charge is -1.93. The Morgan fingerprint density at radius 2 is 2.45 bits per heavy atom. The second kappa shape index (κ2) is 2.17. The van der Waals surface area contributed by atoms with Gasteiger partial charge in [-0.05, 0) is 6.42 Å². The molecule has 1 saturated carbocycles. The van der Waals surface area contributed by atoms with E-state index in [-0.39, 0.29) is 11.6 Å². The molecule has 0 amide bonds.